The van der Waals surface area contributed by atoms with Crippen molar-refractivity contribution in [2.75, 3.05) is 14.1 Å². The smallest absolute Gasteiger partial charge is 0.150 e. The Hall–Kier alpha value is -1.43. The highest BCUT2D eigenvalue weighted by molar-refractivity contribution is 7.13. The molecule has 0 bridgehead atoms. The highest BCUT2D eigenvalue weighted by Crippen LogP contribution is 2.30. The van der Waals surface area contributed by atoms with Crippen molar-refractivity contribution in [2.45, 2.75) is 19.5 Å². The molecule has 0 amide bonds. The van der Waals surface area contributed by atoms with Crippen molar-refractivity contribution in [1.82, 2.24) is 14.5 Å². The van der Waals surface area contributed by atoms with Gasteiger partial charge in [0.25, 0.3) is 0 Å². The summed E-state index contributed by atoms with van der Waals surface area (Å²) in [5.74, 6) is 1.07. The number of hydrogen-bond acceptors (Lipinski definition) is 4. The van der Waals surface area contributed by atoms with E-state index in [-0.39, 0.29) is 0 Å². The Balaban J connectivity index is 1.92. The average Bonchev–Trinajstić information content (AvgIpc) is 3.16. The predicted molar refractivity (Wildman–Crippen MR) is 91.0 cm³/mol. The van der Waals surface area contributed by atoms with Crippen LogP contribution in [0.15, 0.2) is 41.4 Å². The number of aromatic nitrogens is 2. The molecule has 21 heavy (non-hydrogen) atoms. The number of thiophene rings is 2. The molecule has 0 aromatic carbocycles. The van der Waals surface area contributed by atoms with E-state index in [4.69, 9.17) is 0 Å². The fourth-order valence-electron chi connectivity index (χ4n) is 2.44. The van der Waals surface area contributed by atoms with Gasteiger partial charge in [0.15, 0.2) is 0 Å². The zero-order chi connectivity index (χ0) is 14.8. The normalized spacial score (nSPS) is 13.0. The summed E-state index contributed by atoms with van der Waals surface area (Å²) in [5, 5.41) is 4.27. The minimum Gasteiger partial charge on any atom is -0.328 e. The largest absolute Gasteiger partial charge is 0.328 e. The monoisotopic (exact) mass is 317 g/mol. The average molecular weight is 317 g/mol. The Morgan fingerprint density at radius 3 is 2.71 bits per heavy atom. The second-order valence-corrected chi connectivity index (χ2v) is 7.23. The lowest BCUT2D eigenvalue weighted by atomic mass is 10.2. The molecule has 0 aliphatic heterocycles. The van der Waals surface area contributed by atoms with Gasteiger partial charge in [-0.2, -0.15) is 0 Å². The molecule has 110 valence electrons. The van der Waals surface area contributed by atoms with E-state index in [9.17, 15) is 0 Å². The zero-order valence-electron chi connectivity index (χ0n) is 12.5. The third-order valence-electron chi connectivity index (χ3n) is 3.65. The lowest BCUT2D eigenvalue weighted by molar-refractivity contribution is 0.274. The maximum absolute atomic E-state index is 4.57. The van der Waals surface area contributed by atoms with E-state index in [1.54, 1.807) is 11.3 Å². The van der Waals surface area contributed by atoms with Crippen molar-refractivity contribution >= 4 is 22.7 Å². The van der Waals surface area contributed by atoms with Gasteiger partial charge >= 0.3 is 0 Å². The first-order valence-corrected chi connectivity index (χ1v) is 8.68. The Bertz CT molecular complexity index is 695. The van der Waals surface area contributed by atoms with E-state index in [1.807, 2.05) is 17.5 Å². The van der Waals surface area contributed by atoms with E-state index >= 15 is 0 Å². The Kier molecular flexibility index (Phi) is 4.24. The molecule has 3 aromatic rings. The summed E-state index contributed by atoms with van der Waals surface area (Å²) >= 11 is 3.57. The molecule has 0 saturated heterocycles. The zero-order valence-corrected chi connectivity index (χ0v) is 14.1. The van der Waals surface area contributed by atoms with Gasteiger partial charge in [-0.25, -0.2) is 4.98 Å². The molecule has 3 heterocycles. The van der Waals surface area contributed by atoms with Gasteiger partial charge in [0.05, 0.1) is 10.9 Å². The minimum absolute atomic E-state index is 0.373. The summed E-state index contributed by atoms with van der Waals surface area (Å²) in [4.78, 5) is 9.50. The Morgan fingerprint density at radius 1 is 1.24 bits per heavy atom. The molecule has 1 atom stereocenters. The van der Waals surface area contributed by atoms with Gasteiger partial charge in [0, 0.05) is 23.8 Å². The van der Waals surface area contributed by atoms with Gasteiger partial charge in [-0.05, 0) is 49.5 Å². The van der Waals surface area contributed by atoms with Crippen LogP contribution >= 0.6 is 22.7 Å². The highest BCUT2D eigenvalue weighted by atomic mass is 32.1. The second-order valence-electron chi connectivity index (χ2n) is 5.33. The van der Waals surface area contributed by atoms with E-state index in [2.05, 4.69) is 70.6 Å². The van der Waals surface area contributed by atoms with Gasteiger partial charge in [-0.3, -0.25) is 0 Å². The first-order chi connectivity index (χ1) is 10.2. The van der Waals surface area contributed by atoms with Gasteiger partial charge in [0.2, 0.25) is 0 Å². The molecule has 0 saturated carbocycles. The van der Waals surface area contributed by atoms with E-state index < -0.39 is 0 Å². The van der Waals surface area contributed by atoms with Crippen LogP contribution in [-0.2, 0) is 6.54 Å². The van der Waals surface area contributed by atoms with Crippen LogP contribution in [0.5, 0.6) is 0 Å². The summed E-state index contributed by atoms with van der Waals surface area (Å²) in [7, 11) is 4.27. The van der Waals surface area contributed by atoms with Crippen molar-refractivity contribution in [3.05, 3.63) is 51.8 Å². The maximum atomic E-state index is 4.57. The molecule has 0 unspecified atom stereocenters. The SMILES string of the molecule is Cc1ccsc1-c1nccn1C[C@H](c1cccs1)N(C)C. The molecule has 3 rings (SSSR count). The number of nitrogens with zero attached hydrogens (tertiary/aromatic N) is 3. The Labute approximate surface area is 133 Å². The summed E-state index contributed by atoms with van der Waals surface area (Å²) in [6.45, 7) is 3.06. The van der Waals surface area contributed by atoms with E-state index in [0.29, 0.717) is 6.04 Å². The van der Waals surface area contributed by atoms with Gasteiger partial charge in [-0.1, -0.05) is 6.07 Å². The van der Waals surface area contributed by atoms with E-state index in [0.717, 1.165) is 12.4 Å². The fraction of sp³-hybridized carbons (Fsp3) is 0.312. The number of aryl methyl sites for hydroxylation is 1. The molecule has 5 heteroatoms. The van der Waals surface area contributed by atoms with Crippen LogP contribution in [-0.4, -0.2) is 28.5 Å². The molecule has 3 nitrogen and oxygen atoms in total. The third kappa shape index (κ3) is 2.95. The first kappa shape index (κ1) is 14.5. The van der Waals surface area contributed by atoms with Crippen LogP contribution in [0.25, 0.3) is 10.7 Å². The molecule has 0 aliphatic rings. The number of likely N-dealkylation sites (N-methyl/N-ethyl adjacent to an activating group) is 1. The number of rotatable bonds is 5. The van der Waals surface area contributed by atoms with Crippen LogP contribution < -0.4 is 0 Å². The maximum Gasteiger partial charge on any atom is 0.150 e. The minimum atomic E-state index is 0.373. The van der Waals surface area contributed by atoms with Crippen molar-refractivity contribution in [3.8, 4) is 10.7 Å². The highest BCUT2D eigenvalue weighted by Gasteiger charge is 2.18. The summed E-state index contributed by atoms with van der Waals surface area (Å²) in [6, 6.07) is 6.86. The van der Waals surface area contributed by atoms with Gasteiger partial charge in [-0.15, -0.1) is 22.7 Å². The summed E-state index contributed by atoms with van der Waals surface area (Å²) in [5.41, 5.74) is 1.30. The molecular formula is C16H19N3S2. The quantitative estimate of drug-likeness (QED) is 0.700. The molecule has 0 aliphatic carbocycles. The van der Waals surface area contributed by atoms with Crippen LogP contribution in [0.2, 0.25) is 0 Å². The van der Waals surface area contributed by atoms with Crippen LogP contribution in [0.3, 0.4) is 0 Å². The molecule has 0 N–H and O–H groups in total. The van der Waals surface area contributed by atoms with E-state index in [1.165, 1.54) is 15.3 Å². The molecule has 0 spiro atoms. The fourth-order valence-corrected chi connectivity index (χ4v) is 4.29. The third-order valence-corrected chi connectivity index (χ3v) is 5.63. The van der Waals surface area contributed by atoms with Crippen molar-refractivity contribution in [2.24, 2.45) is 0 Å². The van der Waals surface area contributed by atoms with Crippen molar-refractivity contribution in [1.29, 1.82) is 0 Å². The van der Waals surface area contributed by atoms with Crippen LogP contribution in [0.4, 0.5) is 0 Å². The topological polar surface area (TPSA) is 21.1 Å². The number of imidazole rings is 1. The molecular weight excluding hydrogens is 298 g/mol. The summed E-state index contributed by atoms with van der Waals surface area (Å²) in [6.07, 6.45) is 3.98. The molecule has 0 radical (unpaired) electrons. The lowest BCUT2D eigenvalue weighted by Gasteiger charge is -2.24. The predicted octanol–water partition coefficient (Wildman–Crippen LogP) is 4.28. The first-order valence-electron chi connectivity index (χ1n) is 6.92. The second kappa shape index (κ2) is 6.13. The Morgan fingerprint density at radius 2 is 2.10 bits per heavy atom. The van der Waals surface area contributed by atoms with Crippen LogP contribution in [0, 0.1) is 6.92 Å². The van der Waals surface area contributed by atoms with Gasteiger partial charge in [0.1, 0.15) is 5.82 Å². The summed E-state index contributed by atoms with van der Waals surface area (Å²) < 4.78 is 2.27. The molecule has 0 fully saturated rings. The van der Waals surface area contributed by atoms with Gasteiger partial charge < -0.3 is 9.47 Å². The van der Waals surface area contributed by atoms with Crippen molar-refractivity contribution in [3.63, 3.8) is 0 Å². The number of hydrogen-bond donors (Lipinski definition) is 0. The standard InChI is InChI=1S/C16H19N3S2/c1-12-6-10-21-15(12)16-17-7-8-19(16)11-13(18(2)3)14-5-4-9-20-14/h4-10,13H,11H2,1-3H3/t13-/m1/s1. The lowest BCUT2D eigenvalue weighted by Crippen LogP contribution is -2.24. The van der Waals surface area contributed by atoms with Crippen molar-refractivity contribution < 1.29 is 0 Å². The van der Waals surface area contributed by atoms with Crippen LogP contribution in [0.1, 0.15) is 16.5 Å². The molecule has 3 aromatic heterocycles.